The van der Waals surface area contributed by atoms with E-state index in [2.05, 4.69) is 25.3 Å². The van der Waals surface area contributed by atoms with E-state index in [-0.39, 0.29) is 18.8 Å². The summed E-state index contributed by atoms with van der Waals surface area (Å²) in [5.74, 6) is -0.324. The maximum atomic E-state index is 13.9. The molecule has 46 heavy (non-hydrogen) atoms. The topological polar surface area (TPSA) is 156 Å². The Morgan fingerprint density at radius 2 is 1.93 bits per heavy atom. The number of nitrogens with one attached hydrogen (secondary N) is 2. The summed E-state index contributed by atoms with van der Waals surface area (Å²) in [6.07, 6.45) is 0.905. The zero-order valence-electron chi connectivity index (χ0n) is 24.0. The molecule has 2 atom stereocenters. The number of aromatic nitrogens is 5. The number of aromatic amines is 1. The Labute approximate surface area is 264 Å². The van der Waals surface area contributed by atoms with Crippen LogP contribution in [0.4, 0.5) is 18.0 Å². The summed E-state index contributed by atoms with van der Waals surface area (Å²) < 4.78 is 47.6. The number of carbonyl (C=O) groups is 2. The lowest BCUT2D eigenvalue weighted by atomic mass is 10.00. The second kappa shape index (κ2) is 11.2. The van der Waals surface area contributed by atoms with E-state index in [0.717, 1.165) is 24.0 Å². The van der Waals surface area contributed by atoms with Crippen LogP contribution in [0.5, 0.6) is 0 Å². The maximum absolute atomic E-state index is 13.9. The van der Waals surface area contributed by atoms with Gasteiger partial charge in [0.25, 0.3) is 5.91 Å². The summed E-state index contributed by atoms with van der Waals surface area (Å²) in [5, 5.41) is 13.2. The van der Waals surface area contributed by atoms with Crippen LogP contribution in [0.3, 0.4) is 0 Å². The van der Waals surface area contributed by atoms with Crippen molar-refractivity contribution in [3.63, 3.8) is 0 Å². The highest BCUT2D eigenvalue weighted by Crippen LogP contribution is 2.49. The molecule has 0 unspecified atom stereocenters. The van der Waals surface area contributed by atoms with Gasteiger partial charge in [-0.3, -0.25) is 19.5 Å². The molecule has 16 heteroatoms. The largest absolute Gasteiger partial charge is 0.447 e. The highest BCUT2D eigenvalue weighted by atomic mass is 35.5. The molecular weight excluding hydrogens is 627 g/mol. The first kappa shape index (κ1) is 29.8. The molecule has 0 saturated heterocycles. The fourth-order valence-corrected chi connectivity index (χ4v) is 5.69. The predicted octanol–water partition coefficient (Wildman–Crippen LogP) is 5.08. The van der Waals surface area contributed by atoms with Crippen molar-refractivity contribution < 1.29 is 27.5 Å². The van der Waals surface area contributed by atoms with E-state index in [4.69, 9.17) is 22.1 Å². The highest BCUT2D eigenvalue weighted by molar-refractivity contribution is 6.33. The van der Waals surface area contributed by atoms with Gasteiger partial charge in [0.2, 0.25) is 0 Å². The van der Waals surface area contributed by atoms with Crippen molar-refractivity contribution in [3.8, 4) is 22.5 Å². The SMILES string of the molecule is NC1=N[C@H](c2ccc(-c3cnn(C4CC4)c3)cc2)C(=O)N1[C@H](COC(=O)NC1(C(F)(F)F)CC1)c1ccc(Cl)c(-c2ncn[nH]2)c1. The van der Waals surface area contributed by atoms with Crippen LogP contribution in [-0.2, 0) is 9.53 Å². The maximum Gasteiger partial charge on any atom is 0.411 e. The number of guanidine groups is 1. The third kappa shape index (κ3) is 5.55. The van der Waals surface area contributed by atoms with Crippen LogP contribution in [0, 0.1) is 0 Å². The molecule has 1 aliphatic heterocycles. The van der Waals surface area contributed by atoms with E-state index < -0.39 is 42.4 Å². The Balaban J connectivity index is 1.15. The molecule has 2 amide bonds. The lowest BCUT2D eigenvalue weighted by molar-refractivity contribution is -0.164. The molecule has 2 saturated carbocycles. The van der Waals surface area contributed by atoms with E-state index >= 15 is 0 Å². The molecule has 2 aliphatic carbocycles. The number of halogens is 4. The van der Waals surface area contributed by atoms with Gasteiger partial charge in [0.15, 0.2) is 17.8 Å². The first-order valence-electron chi connectivity index (χ1n) is 14.5. The van der Waals surface area contributed by atoms with Crippen molar-refractivity contribution in [2.45, 2.75) is 55.5 Å². The van der Waals surface area contributed by atoms with E-state index in [1.165, 1.54) is 11.2 Å². The van der Waals surface area contributed by atoms with Crippen molar-refractivity contribution in [2.75, 3.05) is 6.61 Å². The average molecular weight is 654 g/mol. The molecule has 0 radical (unpaired) electrons. The number of alkyl carbamates (subject to hydrolysis) is 1. The summed E-state index contributed by atoms with van der Waals surface area (Å²) in [7, 11) is 0. The summed E-state index contributed by atoms with van der Waals surface area (Å²) in [5.41, 5.74) is 7.27. The van der Waals surface area contributed by atoms with Crippen molar-refractivity contribution >= 4 is 29.6 Å². The van der Waals surface area contributed by atoms with Crippen molar-refractivity contribution in [3.05, 3.63) is 77.3 Å². The van der Waals surface area contributed by atoms with Crippen LogP contribution in [-0.4, -0.2) is 66.1 Å². The molecule has 238 valence electrons. The number of nitrogens with zero attached hydrogens (tertiary/aromatic N) is 6. The monoisotopic (exact) mass is 653 g/mol. The number of carbonyl (C=O) groups excluding carboxylic acids is 2. The van der Waals surface area contributed by atoms with Crippen LogP contribution < -0.4 is 11.1 Å². The number of amides is 2. The average Bonchev–Trinajstić information content (AvgIpc) is 3.88. The van der Waals surface area contributed by atoms with E-state index in [1.54, 1.807) is 36.5 Å². The number of H-pyrrole nitrogens is 1. The van der Waals surface area contributed by atoms with Gasteiger partial charge in [-0.15, -0.1) is 0 Å². The van der Waals surface area contributed by atoms with Crippen molar-refractivity contribution in [2.24, 2.45) is 10.7 Å². The molecule has 0 spiro atoms. The van der Waals surface area contributed by atoms with Crippen LogP contribution in [0.1, 0.15) is 54.9 Å². The van der Waals surface area contributed by atoms with Crippen molar-refractivity contribution in [1.82, 2.24) is 35.2 Å². The van der Waals surface area contributed by atoms with E-state index in [1.807, 2.05) is 28.3 Å². The molecule has 2 aromatic heterocycles. The quantitative estimate of drug-likeness (QED) is 0.227. The molecule has 4 N–H and O–H groups in total. The lowest BCUT2D eigenvalue weighted by Crippen LogP contribution is -2.49. The first-order valence-corrected chi connectivity index (χ1v) is 14.9. The van der Waals surface area contributed by atoms with E-state index in [9.17, 15) is 22.8 Å². The van der Waals surface area contributed by atoms with Gasteiger partial charge < -0.3 is 15.8 Å². The zero-order valence-corrected chi connectivity index (χ0v) is 24.8. The Bertz CT molecular complexity index is 1820. The summed E-state index contributed by atoms with van der Waals surface area (Å²) in [6.45, 7) is -0.532. The fraction of sp³-hybridized carbons (Fsp3) is 0.333. The number of ether oxygens (including phenoxy) is 1. The standard InChI is InChI=1S/C30H27ClF3N9O3/c31-22-8-5-18(11-21(22)25-36-15-37-41-25)23(14-46-28(45)40-29(9-10-29)30(32,33)34)43-26(44)24(39-27(43)35)17-3-1-16(2-4-17)19-12-38-42(13-19)20-6-7-20/h1-5,8,11-13,15,20,23-24H,6-7,9-10,14H2,(H2,35,39)(H,40,45)(H,36,37,41)/t23-,24-/m1/s1. The second-order valence-electron chi connectivity index (χ2n) is 11.6. The van der Waals surface area contributed by atoms with Gasteiger partial charge in [-0.1, -0.05) is 41.9 Å². The van der Waals surface area contributed by atoms with Crippen molar-refractivity contribution in [1.29, 1.82) is 0 Å². The van der Waals surface area contributed by atoms with Gasteiger partial charge >= 0.3 is 12.3 Å². The molecule has 4 aromatic rings. The number of hydrogen-bond acceptors (Lipinski definition) is 8. The number of aliphatic imine (C=N–C) groups is 1. The Morgan fingerprint density at radius 1 is 1.17 bits per heavy atom. The highest BCUT2D eigenvalue weighted by Gasteiger charge is 2.64. The number of benzene rings is 2. The molecule has 7 rings (SSSR count). The van der Waals surface area contributed by atoms with Gasteiger partial charge in [-0.25, -0.2) is 14.8 Å². The van der Waals surface area contributed by atoms with Crippen LogP contribution >= 0.6 is 11.6 Å². The van der Waals surface area contributed by atoms with Gasteiger partial charge in [-0.05, 0) is 54.5 Å². The first-order chi connectivity index (χ1) is 22.0. The predicted molar refractivity (Wildman–Crippen MR) is 159 cm³/mol. The minimum atomic E-state index is -4.63. The van der Waals surface area contributed by atoms with Crippen LogP contribution in [0.15, 0.2) is 66.2 Å². The molecule has 2 fully saturated rings. The Morgan fingerprint density at radius 3 is 2.59 bits per heavy atom. The van der Waals surface area contributed by atoms with E-state index in [0.29, 0.717) is 33.6 Å². The molecule has 12 nitrogen and oxygen atoms in total. The van der Waals surface area contributed by atoms with Crippen LogP contribution in [0.2, 0.25) is 5.02 Å². The van der Waals surface area contributed by atoms with Gasteiger partial charge in [0, 0.05) is 17.3 Å². The third-order valence-electron chi connectivity index (χ3n) is 8.43. The third-order valence-corrected chi connectivity index (χ3v) is 8.75. The lowest BCUT2D eigenvalue weighted by Gasteiger charge is -2.29. The molecule has 0 bridgehead atoms. The number of rotatable bonds is 9. The van der Waals surface area contributed by atoms with Gasteiger partial charge in [-0.2, -0.15) is 23.4 Å². The number of hydrogen-bond donors (Lipinski definition) is 3. The smallest absolute Gasteiger partial charge is 0.411 e. The molecule has 3 heterocycles. The van der Waals surface area contributed by atoms with Gasteiger partial charge in [0.1, 0.15) is 18.5 Å². The summed E-state index contributed by atoms with van der Waals surface area (Å²) in [4.78, 5) is 36.2. The number of alkyl halides is 3. The normalized spacial score (nSPS) is 19.6. The minimum absolute atomic E-state index is 0.149. The summed E-state index contributed by atoms with van der Waals surface area (Å²) in [6, 6.07) is 10.4. The fourth-order valence-electron chi connectivity index (χ4n) is 5.49. The Hall–Kier alpha value is -4.92. The van der Waals surface area contributed by atoms with Crippen LogP contribution in [0.25, 0.3) is 22.5 Å². The zero-order chi connectivity index (χ0) is 32.2. The molecule has 3 aliphatic rings. The minimum Gasteiger partial charge on any atom is -0.447 e. The second-order valence-corrected chi connectivity index (χ2v) is 12.0. The van der Waals surface area contributed by atoms with Gasteiger partial charge in [0.05, 0.1) is 23.3 Å². The number of nitrogens with two attached hydrogens (primary N) is 1. The molecule has 2 aromatic carbocycles. The summed E-state index contributed by atoms with van der Waals surface area (Å²) >= 11 is 6.42. The Kier molecular flexibility index (Phi) is 7.22. The molecular formula is C30H27ClF3N9O3.